The van der Waals surface area contributed by atoms with E-state index >= 15 is 0 Å². The monoisotopic (exact) mass is 258 g/mol. The molecule has 1 aliphatic rings. The minimum Gasteiger partial charge on any atom is -0.495 e. The van der Waals surface area contributed by atoms with Crippen LogP contribution in [0.2, 0.25) is 0 Å². The number of anilines is 1. The quantitative estimate of drug-likeness (QED) is 0.918. The number of benzene rings is 1. The lowest BCUT2D eigenvalue weighted by Crippen LogP contribution is -2.01. The summed E-state index contributed by atoms with van der Waals surface area (Å²) in [5.74, 6) is 0.570. The summed E-state index contributed by atoms with van der Waals surface area (Å²) in [4.78, 5) is 4.01. The highest BCUT2D eigenvalue weighted by molar-refractivity contribution is 5.63. The third kappa shape index (κ3) is 2.14. The van der Waals surface area contributed by atoms with Crippen LogP contribution in [0.1, 0.15) is 22.9 Å². The first kappa shape index (κ1) is 12.0. The van der Waals surface area contributed by atoms with Crippen LogP contribution >= 0.6 is 0 Å². The number of rotatable bonds is 3. The van der Waals surface area contributed by atoms with Gasteiger partial charge in [0, 0.05) is 29.6 Å². The van der Waals surface area contributed by atoms with E-state index in [1.807, 2.05) is 18.2 Å². The summed E-state index contributed by atoms with van der Waals surface area (Å²) in [6, 6.07) is 7.45. The minimum absolute atomic E-state index is 0.515. The van der Waals surface area contributed by atoms with E-state index in [-0.39, 0.29) is 0 Å². The predicted molar refractivity (Wildman–Crippen MR) is 72.4 cm³/mol. The van der Waals surface area contributed by atoms with E-state index in [0.29, 0.717) is 16.9 Å². The molecule has 2 heterocycles. The smallest absolute Gasteiger partial charge is 0.154 e. The van der Waals surface area contributed by atoms with Gasteiger partial charge in [0.2, 0.25) is 0 Å². The number of nitrogens with zero attached hydrogens (tertiary/aromatic N) is 1. The molecule has 19 heavy (non-hydrogen) atoms. The lowest BCUT2D eigenvalue weighted by molar-refractivity contribution is 0.390. The van der Waals surface area contributed by atoms with E-state index in [2.05, 4.69) is 10.3 Å². The van der Waals surface area contributed by atoms with Gasteiger partial charge in [0.15, 0.2) is 6.17 Å². The summed E-state index contributed by atoms with van der Waals surface area (Å²) in [5.41, 5.74) is 3.29. The first-order valence-corrected chi connectivity index (χ1v) is 6.28. The van der Waals surface area contributed by atoms with Crippen molar-refractivity contribution in [2.24, 2.45) is 0 Å². The molecule has 0 radical (unpaired) electrons. The van der Waals surface area contributed by atoms with Gasteiger partial charge in [0.25, 0.3) is 0 Å². The van der Waals surface area contributed by atoms with Crippen LogP contribution in [0.4, 0.5) is 10.1 Å². The molecule has 1 atom stereocenters. The van der Waals surface area contributed by atoms with Crippen LogP contribution in [-0.2, 0) is 6.42 Å². The van der Waals surface area contributed by atoms with Gasteiger partial charge in [-0.25, -0.2) is 4.39 Å². The molecule has 0 aliphatic carbocycles. The molecule has 0 bridgehead atoms. The second-order valence-electron chi connectivity index (χ2n) is 4.58. The van der Waals surface area contributed by atoms with E-state index in [9.17, 15) is 4.39 Å². The highest BCUT2D eigenvalue weighted by Crippen LogP contribution is 2.36. The maximum absolute atomic E-state index is 14.7. The van der Waals surface area contributed by atoms with Crippen LogP contribution in [-0.4, -0.2) is 18.6 Å². The highest BCUT2D eigenvalue weighted by atomic mass is 19.1. The molecule has 3 rings (SSSR count). The number of halogens is 1. The fraction of sp³-hybridized carbons (Fsp3) is 0.267. The molecular weight excluding hydrogens is 243 g/mol. The molecule has 1 N–H and O–H groups in total. The van der Waals surface area contributed by atoms with Gasteiger partial charge >= 0.3 is 0 Å². The topological polar surface area (TPSA) is 34.1 Å². The van der Waals surface area contributed by atoms with Crippen molar-refractivity contribution >= 4 is 5.69 Å². The Morgan fingerprint density at radius 3 is 3.11 bits per heavy atom. The van der Waals surface area contributed by atoms with Crippen molar-refractivity contribution in [1.82, 2.24) is 4.98 Å². The maximum atomic E-state index is 14.7. The van der Waals surface area contributed by atoms with Gasteiger partial charge in [-0.1, -0.05) is 18.2 Å². The molecule has 0 saturated carbocycles. The normalized spacial score (nSPS) is 14.6. The zero-order chi connectivity index (χ0) is 13.2. The summed E-state index contributed by atoms with van der Waals surface area (Å²) in [6.07, 6.45) is 2.88. The van der Waals surface area contributed by atoms with Crippen LogP contribution in [0.15, 0.2) is 36.7 Å². The van der Waals surface area contributed by atoms with Crippen LogP contribution < -0.4 is 10.1 Å². The van der Waals surface area contributed by atoms with E-state index in [4.69, 9.17) is 4.74 Å². The molecule has 0 saturated heterocycles. The van der Waals surface area contributed by atoms with Crippen LogP contribution in [0.5, 0.6) is 5.75 Å². The maximum Gasteiger partial charge on any atom is 0.154 e. The van der Waals surface area contributed by atoms with Gasteiger partial charge in [0.1, 0.15) is 5.75 Å². The Bertz CT molecular complexity index is 600. The third-order valence-electron chi connectivity index (χ3n) is 3.41. The van der Waals surface area contributed by atoms with Crippen molar-refractivity contribution < 1.29 is 9.13 Å². The van der Waals surface area contributed by atoms with Crippen molar-refractivity contribution in [3.05, 3.63) is 53.3 Å². The van der Waals surface area contributed by atoms with E-state index in [1.54, 1.807) is 25.6 Å². The van der Waals surface area contributed by atoms with Crippen molar-refractivity contribution in [3.63, 3.8) is 0 Å². The number of pyridine rings is 1. The fourth-order valence-corrected chi connectivity index (χ4v) is 2.44. The van der Waals surface area contributed by atoms with Crippen molar-refractivity contribution in [2.75, 3.05) is 19.0 Å². The first-order chi connectivity index (χ1) is 9.29. The molecule has 3 nitrogen and oxygen atoms in total. The Balaban J connectivity index is 2.00. The summed E-state index contributed by atoms with van der Waals surface area (Å²) in [6.45, 7) is 0.870. The van der Waals surface area contributed by atoms with Gasteiger partial charge in [-0.15, -0.1) is 0 Å². The predicted octanol–water partition coefficient (Wildman–Crippen LogP) is 3.12. The number of para-hydroxylation sites is 1. The standard InChI is InChI=1S/C15H15FN2O/c1-19-12-7-11(8-17-9-12)14(16)13-4-2-3-10-5-6-18-15(10)13/h2-4,7-9,14,18H,5-6H2,1H3. The largest absolute Gasteiger partial charge is 0.495 e. The van der Waals surface area contributed by atoms with Crippen LogP contribution in [0, 0.1) is 0 Å². The average molecular weight is 258 g/mol. The first-order valence-electron chi connectivity index (χ1n) is 6.28. The van der Waals surface area contributed by atoms with Gasteiger partial charge in [-0.05, 0) is 18.1 Å². The number of hydrogen-bond donors (Lipinski definition) is 1. The second kappa shape index (κ2) is 4.88. The summed E-state index contributed by atoms with van der Waals surface area (Å²) < 4.78 is 19.8. The van der Waals surface area contributed by atoms with Crippen LogP contribution in [0.25, 0.3) is 0 Å². The number of hydrogen-bond acceptors (Lipinski definition) is 3. The van der Waals surface area contributed by atoms with Gasteiger partial charge in [-0.3, -0.25) is 4.98 Å². The zero-order valence-corrected chi connectivity index (χ0v) is 10.7. The van der Waals surface area contributed by atoms with Crippen molar-refractivity contribution in [2.45, 2.75) is 12.6 Å². The van der Waals surface area contributed by atoms with Gasteiger partial charge in [-0.2, -0.15) is 0 Å². The third-order valence-corrected chi connectivity index (χ3v) is 3.41. The number of nitrogens with one attached hydrogen (secondary N) is 1. The molecule has 0 amide bonds. The Morgan fingerprint density at radius 2 is 2.26 bits per heavy atom. The average Bonchev–Trinajstić information content (AvgIpc) is 2.95. The molecule has 0 fully saturated rings. The molecule has 0 spiro atoms. The van der Waals surface area contributed by atoms with Crippen molar-refractivity contribution in [1.29, 1.82) is 0 Å². The van der Waals surface area contributed by atoms with E-state index in [1.165, 1.54) is 5.56 Å². The molecule has 4 heteroatoms. The Kier molecular flexibility index (Phi) is 3.07. The SMILES string of the molecule is COc1cncc(C(F)c2cccc3c2NCC3)c1. The summed E-state index contributed by atoms with van der Waals surface area (Å²) >= 11 is 0. The van der Waals surface area contributed by atoms with Crippen molar-refractivity contribution in [3.8, 4) is 5.75 Å². The molecule has 1 aromatic carbocycles. The zero-order valence-electron chi connectivity index (χ0n) is 10.7. The number of ether oxygens (including phenoxy) is 1. The molecular formula is C15H15FN2O. The van der Waals surface area contributed by atoms with Gasteiger partial charge in [0.05, 0.1) is 13.3 Å². The minimum atomic E-state index is -1.19. The Hall–Kier alpha value is -2.10. The Labute approximate surface area is 111 Å². The molecule has 98 valence electrons. The lowest BCUT2D eigenvalue weighted by atomic mass is 10.00. The molecule has 1 aromatic heterocycles. The fourth-order valence-electron chi connectivity index (χ4n) is 2.44. The molecule has 1 aliphatic heterocycles. The highest BCUT2D eigenvalue weighted by Gasteiger charge is 2.21. The number of fused-ring (bicyclic) bond motifs is 1. The van der Waals surface area contributed by atoms with Crippen LogP contribution in [0.3, 0.4) is 0 Å². The summed E-state index contributed by atoms with van der Waals surface area (Å²) in [7, 11) is 1.55. The number of alkyl halides is 1. The molecule has 2 aromatic rings. The van der Waals surface area contributed by atoms with E-state index in [0.717, 1.165) is 18.7 Å². The second-order valence-corrected chi connectivity index (χ2v) is 4.58. The summed E-state index contributed by atoms with van der Waals surface area (Å²) in [5, 5.41) is 3.26. The van der Waals surface area contributed by atoms with Gasteiger partial charge < -0.3 is 10.1 Å². The molecule has 1 unspecified atom stereocenters. The number of aromatic nitrogens is 1. The van der Waals surface area contributed by atoms with E-state index < -0.39 is 6.17 Å². The number of methoxy groups -OCH3 is 1. The Morgan fingerprint density at radius 1 is 1.37 bits per heavy atom. The lowest BCUT2D eigenvalue weighted by Gasteiger charge is -2.14.